The highest BCUT2D eigenvalue weighted by molar-refractivity contribution is 7.90. The van der Waals surface area contributed by atoms with E-state index < -0.39 is 100 Å². The molecule has 0 spiro atoms. The number of nitrogens with one attached hydrogen (secondary N) is 7. The molecule has 6 amide bonds. The standard InChI is InChI=1S/C48H73N11O10S/c1-70(68,69)27-23-36(51)43(62)55-38(21-22-42(60)61)46(65)59-41(30-35-31-52-32-54-35)48(67)58-40(29-34-18-10-7-11-19-34)47(66)56-37(20-12-14-25-50)45(64)57-39(28-33-16-8-6-9-17-33)44(63)53-26-15-5-3-2-4-13-24-49/h6-11,16-19,31-32,36-41H,2-5,12-15,20-30,49-51H2,1H3,(H,52,54)(H,53,63)(H,55,62)(H,56,66)(H,57,64)(H,58,67)(H,59,65)(H,60,61)/t36-,37-,38-,39-,40-,41-/m0/s1. The van der Waals surface area contributed by atoms with E-state index in [1.807, 2.05) is 30.3 Å². The van der Waals surface area contributed by atoms with Gasteiger partial charge in [-0.15, -0.1) is 0 Å². The fourth-order valence-corrected chi connectivity index (χ4v) is 8.07. The summed E-state index contributed by atoms with van der Waals surface area (Å²) >= 11 is 0. The lowest BCUT2D eigenvalue weighted by Crippen LogP contribution is -2.60. The number of nitrogens with zero attached hydrogens (tertiary/aromatic N) is 1. The van der Waals surface area contributed by atoms with Gasteiger partial charge in [0.05, 0.1) is 23.8 Å². The molecule has 0 aliphatic rings. The van der Waals surface area contributed by atoms with Crippen LogP contribution in [0.1, 0.15) is 93.9 Å². The highest BCUT2D eigenvalue weighted by atomic mass is 32.2. The van der Waals surface area contributed by atoms with Gasteiger partial charge in [0.15, 0.2) is 0 Å². The number of rotatable bonds is 35. The molecule has 0 saturated carbocycles. The third-order valence-electron chi connectivity index (χ3n) is 11.4. The maximum atomic E-state index is 14.5. The van der Waals surface area contributed by atoms with E-state index in [0.29, 0.717) is 43.7 Å². The maximum Gasteiger partial charge on any atom is 0.303 e. The van der Waals surface area contributed by atoms with Crippen molar-refractivity contribution in [1.82, 2.24) is 41.9 Å². The molecule has 3 rings (SSSR count). The van der Waals surface area contributed by atoms with E-state index in [2.05, 4.69) is 41.9 Å². The van der Waals surface area contributed by atoms with Crippen LogP contribution in [0.3, 0.4) is 0 Å². The fourth-order valence-electron chi connectivity index (χ4n) is 7.39. The highest BCUT2D eigenvalue weighted by Gasteiger charge is 2.34. The monoisotopic (exact) mass is 996 g/mol. The number of amides is 6. The topological polar surface area (TPSA) is 353 Å². The molecule has 0 saturated heterocycles. The van der Waals surface area contributed by atoms with Crippen LogP contribution in [0.15, 0.2) is 73.2 Å². The van der Waals surface area contributed by atoms with E-state index in [4.69, 9.17) is 17.2 Å². The SMILES string of the molecule is CS(=O)(=O)CC[C@H](N)C(=O)N[C@@H](CCC(=O)O)C(=O)N[C@@H](Cc1c[nH]cn1)C(=O)N[C@@H](Cc1ccccc1)C(=O)N[C@@H](CCCCN)C(=O)N[C@@H](Cc1ccccc1)C(=O)NCCCCCCCCN. The summed E-state index contributed by atoms with van der Waals surface area (Å²) in [5.74, 6) is -6.20. The van der Waals surface area contributed by atoms with Crippen LogP contribution in [0, 0.1) is 0 Å². The van der Waals surface area contributed by atoms with E-state index in [1.54, 1.807) is 30.3 Å². The van der Waals surface area contributed by atoms with Crippen LogP contribution in [0.4, 0.5) is 0 Å². The molecule has 1 heterocycles. The van der Waals surface area contributed by atoms with E-state index in [1.165, 1.54) is 12.5 Å². The van der Waals surface area contributed by atoms with Crippen LogP contribution in [0.2, 0.25) is 0 Å². The first-order valence-electron chi connectivity index (χ1n) is 23.9. The van der Waals surface area contributed by atoms with Crippen LogP contribution in [0.25, 0.3) is 0 Å². The predicted octanol–water partition coefficient (Wildman–Crippen LogP) is 0.0329. The molecule has 22 heteroatoms. The first-order chi connectivity index (χ1) is 33.5. The Labute approximate surface area is 410 Å². The molecule has 0 aliphatic carbocycles. The lowest BCUT2D eigenvalue weighted by Gasteiger charge is -2.27. The van der Waals surface area contributed by atoms with Crippen LogP contribution in [0.5, 0.6) is 0 Å². The Kier molecular flexibility index (Phi) is 26.4. The number of imidazole rings is 1. The van der Waals surface area contributed by atoms with Crippen molar-refractivity contribution < 1.29 is 47.1 Å². The second-order valence-corrected chi connectivity index (χ2v) is 19.7. The average Bonchev–Trinajstić information content (AvgIpc) is 3.85. The van der Waals surface area contributed by atoms with Gasteiger partial charge in [0, 0.05) is 44.7 Å². The smallest absolute Gasteiger partial charge is 0.303 e. The molecule has 6 atom stereocenters. The maximum absolute atomic E-state index is 14.5. The number of nitrogens with two attached hydrogens (primary N) is 3. The van der Waals surface area contributed by atoms with Crippen LogP contribution < -0.4 is 49.1 Å². The van der Waals surface area contributed by atoms with Gasteiger partial charge in [-0.05, 0) is 69.2 Å². The van der Waals surface area contributed by atoms with Gasteiger partial charge < -0.3 is 59.2 Å². The van der Waals surface area contributed by atoms with E-state index in [0.717, 1.165) is 50.3 Å². The highest BCUT2D eigenvalue weighted by Crippen LogP contribution is 2.11. The third-order valence-corrected chi connectivity index (χ3v) is 12.3. The number of sulfone groups is 1. The molecule has 2 aromatic carbocycles. The van der Waals surface area contributed by atoms with Crippen molar-refractivity contribution in [2.24, 2.45) is 17.2 Å². The molecule has 0 fully saturated rings. The Hall–Kier alpha value is -6.23. The molecule has 0 unspecified atom stereocenters. The van der Waals surface area contributed by atoms with E-state index in [-0.39, 0.29) is 38.0 Å². The lowest BCUT2D eigenvalue weighted by atomic mass is 10.0. The number of carboxylic acids is 1. The number of aromatic amines is 1. The predicted molar refractivity (Wildman–Crippen MR) is 264 cm³/mol. The van der Waals surface area contributed by atoms with Gasteiger partial charge >= 0.3 is 5.97 Å². The zero-order valence-corrected chi connectivity index (χ0v) is 40.9. The minimum Gasteiger partial charge on any atom is -0.481 e. The third kappa shape index (κ3) is 23.4. The van der Waals surface area contributed by atoms with Gasteiger partial charge in [0.2, 0.25) is 35.4 Å². The minimum absolute atomic E-state index is 0.0622. The van der Waals surface area contributed by atoms with Gasteiger partial charge in [-0.3, -0.25) is 33.6 Å². The Morgan fingerprint density at radius 3 is 1.56 bits per heavy atom. The van der Waals surface area contributed by atoms with Gasteiger partial charge in [0.25, 0.3) is 0 Å². The Balaban J connectivity index is 1.89. The second kappa shape index (κ2) is 31.8. The number of benzene rings is 2. The van der Waals surface area contributed by atoms with Crippen molar-refractivity contribution in [3.63, 3.8) is 0 Å². The van der Waals surface area contributed by atoms with Crippen LogP contribution >= 0.6 is 0 Å². The van der Waals surface area contributed by atoms with Crippen molar-refractivity contribution in [3.05, 3.63) is 90.0 Å². The quantitative estimate of drug-likeness (QED) is 0.0347. The first kappa shape index (κ1) is 58.1. The summed E-state index contributed by atoms with van der Waals surface area (Å²) in [4.78, 5) is 102. The molecular weight excluding hydrogens is 923 g/mol. The molecule has 3 aromatic rings. The van der Waals surface area contributed by atoms with Crippen molar-refractivity contribution in [1.29, 1.82) is 0 Å². The summed E-state index contributed by atoms with van der Waals surface area (Å²) in [6.45, 7) is 1.39. The number of H-pyrrole nitrogens is 1. The molecule has 70 heavy (non-hydrogen) atoms. The van der Waals surface area contributed by atoms with Gasteiger partial charge in [-0.2, -0.15) is 0 Å². The lowest BCUT2D eigenvalue weighted by molar-refractivity contribution is -0.138. The number of unbranched alkanes of at least 4 members (excludes halogenated alkanes) is 6. The van der Waals surface area contributed by atoms with Crippen molar-refractivity contribution in [3.8, 4) is 0 Å². The zero-order valence-electron chi connectivity index (χ0n) is 40.0. The minimum atomic E-state index is -3.49. The number of hydrogen-bond donors (Lipinski definition) is 11. The van der Waals surface area contributed by atoms with Gasteiger partial charge in [-0.1, -0.05) is 86.3 Å². The summed E-state index contributed by atoms with van der Waals surface area (Å²) in [6, 6.07) is 10.1. The normalized spacial score (nSPS) is 13.9. The number of carboxylic acid groups (broad SMARTS) is 1. The molecule has 21 nitrogen and oxygen atoms in total. The number of hydrogen-bond acceptors (Lipinski definition) is 13. The Morgan fingerprint density at radius 2 is 1.04 bits per heavy atom. The first-order valence-corrected chi connectivity index (χ1v) is 26.0. The number of carbonyl (C=O) groups excluding carboxylic acids is 6. The van der Waals surface area contributed by atoms with E-state index >= 15 is 0 Å². The number of aliphatic carboxylic acids is 1. The van der Waals surface area contributed by atoms with E-state index in [9.17, 15) is 47.1 Å². The van der Waals surface area contributed by atoms with Crippen molar-refractivity contribution in [2.75, 3.05) is 31.6 Å². The summed E-state index contributed by atoms with van der Waals surface area (Å²) < 4.78 is 23.4. The molecule has 0 aliphatic heterocycles. The average molecular weight is 996 g/mol. The number of carbonyl (C=O) groups is 7. The van der Waals surface area contributed by atoms with Crippen LogP contribution in [-0.4, -0.2) is 133 Å². The molecule has 1 aromatic heterocycles. The molecule has 0 radical (unpaired) electrons. The van der Waals surface area contributed by atoms with Crippen molar-refractivity contribution in [2.45, 2.75) is 133 Å². The molecule has 0 bridgehead atoms. The van der Waals surface area contributed by atoms with Gasteiger partial charge in [-0.25, -0.2) is 13.4 Å². The summed E-state index contributed by atoms with van der Waals surface area (Å²) in [5, 5.41) is 25.8. The fraction of sp³-hybridized carbons (Fsp3) is 0.542. The number of aromatic nitrogens is 2. The molecule has 386 valence electrons. The largest absolute Gasteiger partial charge is 0.481 e. The van der Waals surface area contributed by atoms with Crippen molar-refractivity contribution >= 4 is 51.2 Å². The summed E-state index contributed by atoms with van der Waals surface area (Å²) in [5.41, 5.74) is 19.1. The molecular formula is C48H73N11O10S. The van der Waals surface area contributed by atoms with Crippen LogP contribution in [-0.2, 0) is 62.7 Å². The summed E-state index contributed by atoms with van der Waals surface area (Å²) in [6.07, 6.45) is 9.30. The second-order valence-electron chi connectivity index (χ2n) is 17.4. The Bertz CT molecular complexity index is 2180. The zero-order chi connectivity index (χ0) is 51.3. The van der Waals surface area contributed by atoms with Gasteiger partial charge in [0.1, 0.15) is 40.0 Å². The molecule has 14 N–H and O–H groups in total. The summed E-state index contributed by atoms with van der Waals surface area (Å²) in [7, 11) is -3.49. The Morgan fingerprint density at radius 1 is 0.586 bits per heavy atom.